The molecule has 0 aromatic carbocycles. The van der Waals surface area contributed by atoms with E-state index in [-0.39, 0.29) is 11.5 Å². The first-order valence-corrected chi connectivity index (χ1v) is 7.81. The van der Waals surface area contributed by atoms with Crippen LogP contribution in [0.15, 0.2) is 0 Å². The maximum absolute atomic E-state index is 11.6. The van der Waals surface area contributed by atoms with Gasteiger partial charge in [0.15, 0.2) is 0 Å². The van der Waals surface area contributed by atoms with E-state index in [2.05, 4.69) is 0 Å². The van der Waals surface area contributed by atoms with E-state index in [1.54, 1.807) is 0 Å². The van der Waals surface area contributed by atoms with Gasteiger partial charge in [0, 0.05) is 6.61 Å². The SMILES string of the molecule is CC(C(N)=O)(C(=O)O)C1CCOC2(CCSCC2)C1. The number of carbonyl (C=O) groups excluding carboxylic acids is 1. The summed E-state index contributed by atoms with van der Waals surface area (Å²) >= 11 is 1.90. The molecule has 1 spiro atoms. The Balaban J connectivity index is 2.20. The van der Waals surface area contributed by atoms with Crippen LogP contribution in [0.4, 0.5) is 0 Å². The molecule has 0 aromatic rings. The number of aliphatic carboxylic acids is 1. The maximum atomic E-state index is 11.6. The number of carbonyl (C=O) groups is 2. The average molecular weight is 287 g/mol. The van der Waals surface area contributed by atoms with Crippen molar-refractivity contribution in [1.82, 2.24) is 0 Å². The lowest BCUT2D eigenvalue weighted by Gasteiger charge is -2.46. The Morgan fingerprint density at radius 3 is 2.58 bits per heavy atom. The minimum atomic E-state index is -1.48. The predicted octanol–water partition coefficient (Wildman–Crippen LogP) is 1.25. The molecule has 0 radical (unpaired) electrons. The second-order valence-corrected chi connectivity index (χ2v) is 6.93. The molecule has 108 valence electrons. The van der Waals surface area contributed by atoms with Crippen LogP contribution in [0.5, 0.6) is 0 Å². The van der Waals surface area contributed by atoms with Crippen molar-refractivity contribution < 1.29 is 19.4 Å². The molecule has 2 saturated heterocycles. The summed E-state index contributed by atoms with van der Waals surface area (Å²) in [6, 6.07) is 0. The first-order chi connectivity index (χ1) is 8.91. The molecular weight excluding hydrogens is 266 g/mol. The summed E-state index contributed by atoms with van der Waals surface area (Å²) < 4.78 is 5.93. The van der Waals surface area contributed by atoms with Crippen LogP contribution < -0.4 is 5.73 Å². The zero-order valence-corrected chi connectivity index (χ0v) is 12.0. The van der Waals surface area contributed by atoms with E-state index in [4.69, 9.17) is 10.5 Å². The quantitative estimate of drug-likeness (QED) is 0.763. The first kappa shape index (κ1) is 14.7. The van der Waals surface area contributed by atoms with Gasteiger partial charge in [-0.3, -0.25) is 9.59 Å². The molecule has 0 aromatic heterocycles. The molecule has 5 nitrogen and oxygen atoms in total. The first-order valence-electron chi connectivity index (χ1n) is 6.66. The molecule has 0 aliphatic carbocycles. The van der Waals surface area contributed by atoms with E-state index in [0.717, 1.165) is 24.3 Å². The lowest BCUT2D eigenvalue weighted by atomic mass is 9.67. The smallest absolute Gasteiger partial charge is 0.319 e. The highest BCUT2D eigenvalue weighted by atomic mass is 32.2. The molecule has 2 aliphatic rings. The lowest BCUT2D eigenvalue weighted by molar-refractivity contribution is -0.167. The van der Waals surface area contributed by atoms with Crippen molar-refractivity contribution in [2.24, 2.45) is 17.1 Å². The van der Waals surface area contributed by atoms with E-state index in [1.165, 1.54) is 6.92 Å². The van der Waals surface area contributed by atoms with Crippen molar-refractivity contribution in [3.63, 3.8) is 0 Å². The highest BCUT2D eigenvalue weighted by molar-refractivity contribution is 7.99. The van der Waals surface area contributed by atoms with Gasteiger partial charge in [0.1, 0.15) is 5.41 Å². The highest BCUT2D eigenvalue weighted by Gasteiger charge is 2.52. The molecule has 2 heterocycles. The van der Waals surface area contributed by atoms with Crippen molar-refractivity contribution >= 4 is 23.6 Å². The Morgan fingerprint density at radius 1 is 1.42 bits per heavy atom. The summed E-state index contributed by atoms with van der Waals surface area (Å²) in [6.07, 6.45) is 3.07. The summed E-state index contributed by atoms with van der Waals surface area (Å²) in [6.45, 7) is 1.98. The number of thioether (sulfide) groups is 1. The summed E-state index contributed by atoms with van der Waals surface area (Å²) in [7, 11) is 0. The number of hydrogen-bond donors (Lipinski definition) is 2. The third kappa shape index (κ3) is 2.60. The largest absolute Gasteiger partial charge is 0.480 e. The standard InChI is InChI=1S/C13H21NO4S/c1-12(10(14)15,11(16)17)9-2-5-18-13(8-9)3-6-19-7-4-13/h9H,2-8H2,1H3,(H2,14,15)(H,16,17). The van der Waals surface area contributed by atoms with Gasteiger partial charge in [0.25, 0.3) is 0 Å². The van der Waals surface area contributed by atoms with E-state index < -0.39 is 17.3 Å². The lowest BCUT2D eigenvalue weighted by Crippen LogP contribution is -2.53. The summed E-state index contributed by atoms with van der Waals surface area (Å²) in [5.41, 5.74) is 3.64. The van der Waals surface area contributed by atoms with Crippen LogP contribution in [0.3, 0.4) is 0 Å². The molecule has 2 rings (SSSR count). The van der Waals surface area contributed by atoms with Crippen LogP contribution in [0.2, 0.25) is 0 Å². The van der Waals surface area contributed by atoms with Crippen LogP contribution in [0.1, 0.15) is 32.6 Å². The van der Waals surface area contributed by atoms with Crippen LogP contribution in [0.25, 0.3) is 0 Å². The number of nitrogens with two attached hydrogens (primary N) is 1. The van der Waals surface area contributed by atoms with Gasteiger partial charge in [0.2, 0.25) is 5.91 Å². The van der Waals surface area contributed by atoms with Crippen molar-refractivity contribution in [1.29, 1.82) is 0 Å². The number of primary amides is 1. The molecule has 0 saturated carbocycles. The topological polar surface area (TPSA) is 89.6 Å². The van der Waals surface area contributed by atoms with Crippen molar-refractivity contribution in [3.05, 3.63) is 0 Å². The Kier molecular flexibility index (Phi) is 4.11. The fraction of sp³-hybridized carbons (Fsp3) is 0.846. The molecular formula is C13H21NO4S. The van der Waals surface area contributed by atoms with Crippen LogP contribution in [-0.2, 0) is 14.3 Å². The zero-order chi connectivity index (χ0) is 14.1. The molecule has 3 N–H and O–H groups in total. The Bertz CT molecular complexity index is 359. The second kappa shape index (κ2) is 5.32. The molecule has 1 amide bonds. The van der Waals surface area contributed by atoms with Crippen LogP contribution in [-0.4, -0.2) is 40.7 Å². The van der Waals surface area contributed by atoms with E-state index in [1.807, 2.05) is 11.8 Å². The summed E-state index contributed by atoms with van der Waals surface area (Å²) in [5.74, 6) is -0.0287. The molecule has 19 heavy (non-hydrogen) atoms. The van der Waals surface area contributed by atoms with Gasteiger partial charge in [-0.1, -0.05) is 0 Å². The van der Waals surface area contributed by atoms with Gasteiger partial charge in [-0.25, -0.2) is 0 Å². The Morgan fingerprint density at radius 2 is 2.05 bits per heavy atom. The maximum Gasteiger partial charge on any atom is 0.319 e. The monoisotopic (exact) mass is 287 g/mol. The third-order valence-electron chi connectivity index (χ3n) is 4.67. The number of hydrogen-bond acceptors (Lipinski definition) is 4. The van der Waals surface area contributed by atoms with Gasteiger partial charge >= 0.3 is 5.97 Å². The zero-order valence-electron chi connectivity index (χ0n) is 11.2. The van der Waals surface area contributed by atoms with Gasteiger partial charge in [0.05, 0.1) is 5.60 Å². The highest BCUT2D eigenvalue weighted by Crippen LogP contribution is 2.45. The van der Waals surface area contributed by atoms with Crippen molar-refractivity contribution in [2.75, 3.05) is 18.1 Å². The molecule has 0 bridgehead atoms. The van der Waals surface area contributed by atoms with Gasteiger partial charge < -0.3 is 15.6 Å². The molecule has 2 atom stereocenters. The number of amides is 1. The average Bonchev–Trinajstić information content (AvgIpc) is 2.38. The molecule has 6 heteroatoms. The van der Waals surface area contributed by atoms with Crippen molar-refractivity contribution in [3.8, 4) is 0 Å². The van der Waals surface area contributed by atoms with Crippen LogP contribution >= 0.6 is 11.8 Å². The Labute approximate surface area is 117 Å². The number of ether oxygens (including phenoxy) is 1. The van der Waals surface area contributed by atoms with E-state index in [0.29, 0.717) is 19.4 Å². The predicted molar refractivity (Wildman–Crippen MR) is 72.9 cm³/mol. The number of carboxylic acid groups (broad SMARTS) is 1. The minimum Gasteiger partial charge on any atom is -0.480 e. The second-order valence-electron chi connectivity index (χ2n) is 5.71. The summed E-state index contributed by atoms with van der Waals surface area (Å²) in [4.78, 5) is 23.1. The van der Waals surface area contributed by atoms with Gasteiger partial charge in [-0.15, -0.1) is 0 Å². The minimum absolute atomic E-state index is 0.236. The number of carboxylic acids is 1. The fourth-order valence-electron chi connectivity index (χ4n) is 3.09. The van der Waals surface area contributed by atoms with Crippen LogP contribution in [0, 0.1) is 11.3 Å². The molecule has 2 aliphatic heterocycles. The fourth-order valence-corrected chi connectivity index (χ4v) is 4.33. The van der Waals surface area contributed by atoms with E-state index in [9.17, 15) is 14.7 Å². The molecule has 2 fully saturated rings. The van der Waals surface area contributed by atoms with E-state index >= 15 is 0 Å². The Hall–Kier alpha value is -0.750. The summed E-state index contributed by atoms with van der Waals surface area (Å²) in [5, 5.41) is 9.40. The van der Waals surface area contributed by atoms with Gasteiger partial charge in [-0.2, -0.15) is 11.8 Å². The van der Waals surface area contributed by atoms with Gasteiger partial charge in [-0.05, 0) is 50.0 Å². The normalized spacial score (nSPS) is 29.6. The molecule has 2 unspecified atom stereocenters. The van der Waals surface area contributed by atoms with Crippen molar-refractivity contribution in [2.45, 2.75) is 38.2 Å². The number of rotatable bonds is 3. The third-order valence-corrected chi connectivity index (χ3v) is 5.66.